The smallest absolute Gasteiger partial charge is 0.0352 e. The highest BCUT2D eigenvalue weighted by Crippen LogP contribution is 2.33. The van der Waals surface area contributed by atoms with Crippen LogP contribution in [-0.4, -0.2) is 11.4 Å². The molecule has 1 aliphatic heterocycles. The lowest BCUT2D eigenvalue weighted by atomic mass is 10.0. The van der Waals surface area contributed by atoms with E-state index in [1.807, 2.05) is 0 Å². The first kappa shape index (κ1) is 13.8. The quantitative estimate of drug-likeness (QED) is 0.757. The number of hydrogen-bond donors (Lipinski definition) is 0. The van der Waals surface area contributed by atoms with E-state index in [1.165, 1.54) is 36.1 Å². The Bertz CT molecular complexity index is 559. The molecule has 0 radical (unpaired) electrons. The van der Waals surface area contributed by atoms with E-state index in [-0.39, 0.29) is 0 Å². The van der Waals surface area contributed by atoms with Crippen molar-refractivity contribution in [2.75, 3.05) is 6.54 Å². The van der Waals surface area contributed by atoms with E-state index in [0.29, 0.717) is 6.04 Å². The third-order valence-electron chi connectivity index (χ3n) is 4.12. The van der Waals surface area contributed by atoms with Crippen LogP contribution >= 0.6 is 15.9 Å². The third-order valence-corrected chi connectivity index (χ3v) is 4.65. The van der Waals surface area contributed by atoms with Crippen LogP contribution in [0.4, 0.5) is 0 Å². The fourth-order valence-corrected chi connectivity index (χ4v) is 3.27. The molecular weight excluding hydrogens is 310 g/mol. The lowest BCUT2D eigenvalue weighted by Gasteiger charge is -2.25. The van der Waals surface area contributed by atoms with Gasteiger partial charge in [0.2, 0.25) is 0 Å². The SMILES string of the molecule is Cc1ccc(CN2CCCC2c2ccc(Br)cc2)cc1. The van der Waals surface area contributed by atoms with Crippen molar-refractivity contribution in [1.29, 1.82) is 0 Å². The van der Waals surface area contributed by atoms with Gasteiger partial charge in [-0.25, -0.2) is 0 Å². The molecule has 1 nitrogen and oxygen atoms in total. The zero-order chi connectivity index (χ0) is 13.9. The monoisotopic (exact) mass is 329 g/mol. The number of hydrogen-bond acceptors (Lipinski definition) is 1. The molecule has 1 unspecified atom stereocenters. The molecule has 20 heavy (non-hydrogen) atoms. The van der Waals surface area contributed by atoms with E-state index in [0.717, 1.165) is 11.0 Å². The van der Waals surface area contributed by atoms with E-state index >= 15 is 0 Å². The fourth-order valence-electron chi connectivity index (χ4n) is 3.01. The summed E-state index contributed by atoms with van der Waals surface area (Å²) in [4.78, 5) is 2.61. The molecule has 2 heteroatoms. The second-order valence-corrected chi connectivity index (χ2v) is 6.58. The Morgan fingerprint density at radius 3 is 2.45 bits per heavy atom. The van der Waals surface area contributed by atoms with Crippen LogP contribution in [0, 0.1) is 6.92 Å². The minimum Gasteiger partial charge on any atom is -0.292 e. The van der Waals surface area contributed by atoms with Crippen LogP contribution in [0.2, 0.25) is 0 Å². The van der Waals surface area contributed by atoms with Gasteiger partial charge in [0.15, 0.2) is 0 Å². The molecule has 0 aliphatic carbocycles. The average molecular weight is 330 g/mol. The van der Waals surface area contributed by atoms with E-state index in [4.69, 9.17) is 0 Å². The zero-order valence-corrected chi connectivity index (χ0v) is 13.4. The van der Waals surface area contributed by atoms with Gasteiger partial charge in [-0.1, -0.05) is 57.9 Å². The minimum absolute atomic E-state index is 0.574. The van der Waals surface area contributed by atoms with Crippen LogP contribution in [0.1, 0.15) is 35.6 Å². The van der Waals surface area contributed by atoms with E-state index in [1.54, 1.807) is 0 Å². The van der Waals surface area contributed by atoms with Gasteiger partial charge in [0.05, 0.1) is 0 Å². The highest BCUT2D eigenvalue weighted by atomic mass is 79.9. The molecule has 1 heterocycles. The summed E-state index contributed by atoms with van der Waals surface area (Å²) in [5.74, 6) is 0. The highest BCUT2D eigenvalue weighted by molar-refractivity contribution is 9.10. The topological polar surface area (TPSA) is 3.24 Å². The number of rotatable bonds is 3. The van der Waals surface area contributed by atoms with Gasteiger partial charge in [-0.15, -0.1) is 0 Å². The summed E-state index contributed by atoms with van der Waals surface area (Å²) in [5.41, 5.74) is 4.19. The van der Waals surface area contributed by atoms with Crippen molar-refractivity contribution in [3.8, 4) is 0 Å². The van der Waals surface area contributed by atoms with Crippen LogP contribution in [0.3, 0.4) is 0 Å². The van der Waals surface area contributed by atoms with Crippen molar-refractivity contribution < 1.29 is 0 Å². The fraction of sp³-hybridized carbons (Fsp3) is 0.333. The molecule has 0 saturated carbocycles. The first-order valence-corrected chi connectivity index (χ1v) is 8.07. The van der Waals surface area contributed by atoms with Gasteiger partial charge in [0.1, 0.15) is 0 Å². The van der Waals surface area contributed by atoms with E-state index in [2.05, 4.69) is 76.3 Å². The van der Waals surface area contributed by atoms with Gasteiger partial charge < -0.3 is 0 Å². The normalized spacial score (nSPS) is 19.4. The maximum atomic E-state index is 3.52. The first-order chi connectivity index (χ1) is 9.72. The average Bonchev–Trinajstić information content (AvgIpc) is 2.90. The molecule has 1 atom stereocenters. The van der Waals surface area contributed by atoms with Gasteiger partial charge in [0, 0.05) is 17.1 Å². The second kappa shape index (κ2) is 6.11. The Labute approximate surface area is 129 Å². The summed E-state index contributed by atoms with van der Waals surface area (Å²) in [7, 11) is 0. The van der Waals surface area contributed by atoms with Crippen LogP contribution in [0.25, 0.3) is 0 Å². The number of aryl methyl sites for hydroxylation is 1. The molecule has 3 rings (SSSR count). The Hall–Kier alpha value is -1.12. The van der Waals surface area contributed by atoms with Gasteiger partial charge in [0.25, 0.3) is 0 Å². The van der Waals surface area contributed by atoms with Gasteiger partial charge >= 0.3 is 0 Å². The molecule has 0 bridgehead atoms. The van der Waals surface area contributed by atoms with Crippen LogP contribution in [0.15, 0.2) is 53.0 Å². The lowest BCUT2D eigenvalue weighted by molar-refractivity contribution is 0.248. The summed E-state index contributed by atoms with van der Waals surface area (Å²) in [6, 6.07) is 18.3. The molecule has 1 fully saturated rings. The van der Waals surface area contributed by atoms with Crippen molar-refractivity contribution in [3.05, 3.63) is 69.7 Å². The van der Waals surface area contributed by atoms with Crippen molar-refractivity contribution in [3.63, 3.8) is 0 Å². The largest absolute Gasteiger partial charge is 0.292 e. The third kappa shape index (κ3) is 3.13. The molecule has 0 amide bonds. The predicted octanol–water partition coefficient (Wildman–Crippen LogP) is 5.09. The van der Waals surface area contributed by atoms with Gasteiger partial charge in [-0.2, -0.15) is 0 Å². The second-order valence-electron chi connectivity index (χ2n) is 5.67. The lowest BCUT2D eigenvalue weighted by Crippen LogP contribution is -2.22. The first-order valence-electron chi connectivity index (χ1n) is 7.27. The standard InChI is InChI=1S/C18H20BrN/c1-14-4-6-15(7-5-14)13-20-12-2-3-18(20)16-8-10-17(19)11-9-16/h4-11,18H,2-3,12-13H2,1H3. The van der Waals surface area contributed by atoms with Crippen molar-refractivity contribution in [2.24, 2.45) is 0 Å². The maximum absolute atomic E-state index is 3.52. The van der Waals surface area contributed by atoms with Crippen LogP contribution < -0.4 is 0 Å². The molecule has 104 valence electrons. The maximum Gasteiger partial charge on any atom is 0.0352 e. The molecule has 2 aromatic rings. The zero-order valence-electron chi connectivity index (χ0n) is 11.8. The highest BCUT2D eigenvalue weighted by Gasteiger charge is 2.25. The molecule has 1 saturated heterocycles. The molecule has 0 spiro atoms. The summed E-state index contributed by atoms with van der Waals surface area (Å²) >= 11 is 3.52. The van der Waals surface area contributed by atoms with E-state index in [9.17, 15) is 0 Å². The van der Waals surface area contributed by atoms with Crippen molar-refractivity contribution in [2.45, 2.75) is 32.4 Å². The molecule has 2 aromatic carbocycles. The summed E-state index contributed by atoms with van der Waals surface area (Å²) in [6.07, 6.45) is 2.57. The number of halogens is 1. The molecule has 0 aromatic heterocycles. The van der Waals surface area contributed by atoms with Gasteiger partial charge in [-0.05, 0) is 49.6 Å². The van der Waals surface area contributed by atoms with Crippen LogP contribution in [-0.2, 0) is 6.54 Å². The molecule has 1 aliphatic rings. The summed E-state index contributed by atoms with van der Waals surface area (Å²) < 4.78 is 1.16. The van der Waals surface area contributed by atoms with E-state index < -0.39 is 0 Å². The Morgan fingerprint density at radius 1 is 1.05 bits per heavy atom. The van der Waals surface area contributed by atoms with Crippen molar-refractivity contribution >= 4 is 15.9 Å². The molecular formula is C18H20BrN. The Morgan fingerprint density at radius 2 is 1.75 bits per heavy atom. The van der Waals surface area contributed by atoms with Gasteiger partial charge in [-0.3, -0.25) is 4.90 Å². The van der Waals surface area contributed by atoms with Crippen LogP contribution in [0.5, 0.6) is 0 Å². The summed E-state index contributed by atoms with van der Waals surface area (Å²) in [6.45, 7) is 4.40. The predicted molar refractivity (Wildman–Crippen MR) is 87.7 cm³/mol. The van der Waals surface area contributed by atoms with Crippen molar-refractivity contribution in [1.82, 2.24) is 4.90 Å². The number of nitrogens with zero attached hydrogens (tertiary/aromatic N) is 1. The number of benzene rings is 2. The number of likely N-dealkylation sites (tertiary alicyclic amines) is 1. The summed E-state index contributed by atoms with van der Waals surface area (Å²) in [5, 5.41) is 0. The minimum atomic E-state index is 0.574. The molecule has 0 N–H and O–H groups in total. The Kier molecular flexibility index (Phi) is 4.23. The Balaban J connectivity index is 1.75.